The first-order valence-corrected chi connectivity index (χ1v) is 15.4. The number of anilines is 1. The van der Waals surface area contributed by atoms with E-state index in [0.29, 0.717) is 11.5 Å². The summed E-state index contributed by atoms with van der Waals surface area (Å²) in [5, 5.41) is 14.6. The molecule has 7 heteroatoms. The van der Waals surface area contributed by atoms with Gasteiger partial charge in [0.2, 0.25) is 0 Å². The number of benzene rings is 1. The van der Waals surface area contributed by atoms with Crippen LogP contribution in [0, 0.1) is 50.4 Å². The van der Waals surface area contributed by atoms with Crippen molar-refractivity contribution in [3.63, 3.8) is 0 Å². The van der Waals surface area contributed by atoms with Crippen molar-refractivity contribution in [3.8, 4) is 11.1 Å². The van der Waals surface area contributed by atoms with Crippen LogP contribution >= 0.6 is 22.7 Å². The SMILES string of the molecule is Cc1sc(-n2c(C)cc(C=Nc3sc4c(c3C(=O)Nc3ccccc3)CC[C@H](C(C)(C)C)C4)c2C)c(C#N)c1C. The fourth-order valence-corrected chi connectivity index (χ4v) is 8.09. The number of rotatable bonds is 5. The number of thiophene rings is 2. The number of aliphatic imine (C=N–C) groups is 1. The molecule has 3 heterocycles. The molecule has 0 saturated heterocycles. The fraction of sp³-hybridized carbons (Fsp3) is 0.364. The minimum absolute atomic E-state index is 0.0984. The molecule has 0 unspecified atom stereocenters. The lowest BCUT2D eigenvalue weighted by Gasteiger charge is -2.33. The summed E-state index contributed by atoms with van der Waals surface area (Å²) in [6, 6.07) is 14.1. The number of para-hydroxylation sites is 1. The second-order valence-corrected chi connectivity index (χ2v) is 14.1. The van der Waals surface area contributed by atoms with Crippen LogP contribution in [0.4, 0.5) is 10.7 Å². The van der Waals surface area contributed by atoms with Gasteiger partial charge in [0.05, 0.1) is 11.1 Å². The van der Waals surface area contributed by atoms with Crippen molar-refractivity contribution < 1.29 is 4.79 Å². The number of amides is 1. The van der Waals surface area contributed by atoms with Gasteiger partial charge < -0.3 is 9.88 Å². The lowest BCUT2D eigenvalue weighted by molar-refractivity contribution is 0.102. The smallest absolute Gasteiger partial charge is 0.259 e. The second-order valence-electron chi connectivity index (χ2n) is 11.8. The predicted molar refractivity (Wildman–Crippen MR) is 168 cm³/mol. The van der Waals surface area contributed by atoms with Crippen LogP contribution in [0.5, 0.6) is 0 Å². The van der Waals surface area contributed by atoms with Gasteiger partial charge in [-0.05, 0) is 87.6 Å². The van der Waals surface area contributed by atoms with Crippen molar-refractivity contribution >= 4 is 45.5 Å². The van der Waals surface area contributed by atoms with Gasteiger partial charge in [-0.25, -0.2) is 4.99 Å². The van der Waals surface area contributed by atoms with Crippen LogP contribution < -0.4 is 5.32 Å². The van der Waals surface area contributed by atoms with E-state index in [9.17, 15) is 10.1 Å². The van der Waals surface area contributed by atoms with Gasteiger partial charge in [0, 0.05) is 38.6 Å². The molecule has 5 nitrogen and oxygen atoms in total. The molecule has 1 aliphatic rings. The maximum absolute atomic E-state index is 13.7. The zero-order valence-electron chi connectivity index (χ0n) is 24.3. The highest BCUT2D eigenvalue weighted by atomic mass is 32.1. The Kier molecular flexibility index (Phi) is 7.60. The van der Waals surface area contributed by atoms with Gasteiger partial charge in [-0.2, -0.15) is 5.26 Å². The van der Waals surface area contributed by atoms with Crippen molar-refractivity contribution in [2.45, 2.75) is 67.7 Å². The molecular weight excluding hydrogens is 533 g/mol. The van der Waals surface area contributed by atoms with Crippen molar-refractivity contribution in [2.75, 3.05) is 5.32 Å². The number of hydrogen-bond donors (Lipinski definition) is 1. The van der Waals surface area contributed by atoms with Crippen LogP contribution in [-0.2, 0) is 12.8 Å². The highest BCUT2D eigenvalue weighted by Gasteiger charge is 2.33. The number of fused-ring (bicyclic) bond motifs is 1. The monoisotopic (exact) mass is 568 g/mol. The topological polar surface area (TPSA) is 70.2 Å². The van der Waals surface area contributed by atoms with E-state index < -0.39 is 0 Å². The molecule has 1 N–H and O–H groups in total. The van der Waals surface area contributed by atoms with Gasteiger partial charge in [-0.1, -0.05) is 39.0 Å². The van der Waals surface area contributed by atoms with Crippen molar-refractivity contribution in [1.29, 1.82) is 5.26 Å². The predicted octanol–water partition coefficient (Wildman–Crippen LogP) is 8.86. The van der Waals surface area contributed by atoms with Crippen molar-refractivity contribution in [1.82, 2.24) is 4.57 Å². The van der Waals surface area contributed by atoms with Gasteiger partial charge in [0.25, 0.3) is 5.91 Å². The normalized spacial score (nSPS) is 15.3. The number of nitrogens with one attached hydrogen (secondary N) is 1. The standard InChI is InChI=1S/C33H36N4OS2/c1-19-15-23(21(3)37(19)32-27(17-34)20(2)22(4)39-32)18-35-31-29(30(38)36-25-11-9-8-10-12-25)26-14-13-24(33(5,6)7)16-28(26)40-31/h8-12,15,18,24H,13-14,16H2,1-7H3,(H,36,38)/t24-/m0/s1. The van der Waals surface area contributed by atoms with Crippen LogP contribution in [0.2, 0.25) is 0 Å². The van der Waals surface area contributed by atoms with E-state index >= 15 is 0 Å². The molecule has 0 fully saturated rings. The van der Waals surface area contributed by atoms with Crippen molar-refractivity contribution in [2.24, 2.45) is 16.3 Å². The first-order valence-electron chi connectivity index (χ1n) is 13.7. The molecule has 206 valence electrons. The number of carbonyl (C=O) groups excluding carboxylic acids is 1. The number of carbonyl (C=O) groups is 1. The Balaban J connectivity index is 1.54. The molecule has 0 bridgehead atoms. The van der Waals surface area contributed by atoms with Crippen LogP contribution in [0.1, 0.15) is 80.9 Å². The Labute approximate surface area is 245 Å². The fourth-order valence-electron chi connectivity index (χ4n) is 5.61. The minimum atomic E-state index is -0.0984. The van der Waals surface area contributed by atoms with E-state index in [1.165, 1.54) is 4.88 Å². The van der Waals surface area contributed by atoms with Crippen molar-refractivity contribution in [3.05, 3.63) is 85.4 Å². The molecule has 4 aromatic rings. The number of nitrogens with zero attached hydrogens (tertiary/aromatic N) is 3. The molecular formula is C33H36N4OS2. The number of aromatic nitrogens is 1. The third-order valence-electron chi connectivity index (χ3n) is 8.20. The van der Waals surface area contributed by atoms with E-state index in [-0.39, 0.29) is 11.3 Å². The number of hydrogen-bond acceptors (Lipinski definition) is 5. The van der Waals surface area contributed by atoms with Gasteiger partial charge in [0.1, 0.15) is 16.1 Å². The summed E-state index contributed by atoms with van der Waals surface area (Å²) in [6.07, 6.45) is 4.83. The van der Waals surface area contributed by atoms with E-state index in [2.05, 4.69) is 63.6 Å². The van der Waals surface area contributed by atoms with E-state index in [1.807, 2.05) is 43.5 Å². The summed E-state index contributed by atoms with van der Waals surface area (Å²) < 4.78 is 2.15. The van der Waals surface area contributed by atoms with Crippen LogP contribution in [-0.4, -0.2) is 16.7 Å². The number of aryl methyl sites for hydroxylation is 2. The maximum atomic E-state index is 13.7. The molecule has 40 heavy (non-hydrogen) atoms. The van der Waals surface area contributed by atoms with Gasteiger partial charge in [0.15, 0.2) is 0 Å². The van der Waals surface area contributed by atoms with E-state index in [1.54, 1.807) is 22.7 Å². The molecule has 0 radical (unpaired) electrons. The lowest BCUT2D eigenvalue weighted by atomic mass is 9.72. The highest BCUT2D eigenvalue weighted by molar-refractivity contribution is 7.16. The summed E-state index contributed by atoms with van der Waals surface area (Å²) in [5.74, 6) is 0.477. The maximum Gasteiger partial charge on any atom is 0.259 e. The third-order valence-corrected chi connectivity index (χ3v) is 10.6. The lowest BCUT2D eigenvalue weighted by Crippen LogP contribution is -2.27. The highest BCUT2D eigenvalue weighted by Crippen LogP contribution is 2.45. The third kappa shape index (κ3) is 5.18. The van der Waals surface area contributed by atoms with Gasteiger partial charge in [-0.3, -0.25) is 4.79 Å². The zero-order valence-corrected chi connectivity index (χ0v) is 25.9. The molecule has 0 saturated carbocycles. The van der Waals surface area contributed by atoms with Gasteiger partial charge >= 0.3 is 0 Å². The van der Waals surface area contributed by atoms with Crippen LogP contribution in [0.15, 0.2) is 41.4 Å². The van der Waals surface area contributed by atoms with Crippen LogP contribution in [0.25, 0.3) is 5.00 Å². The Morgan fingerprint density at radius 2 is 1.88 bits per heavy atom. The molecule has 1 atom stereocenters. The molecule has 1 aromatic carbocycles. The first kappa shape index (κ1) is 28.1. The Hall–Kier alpha value is -3.47. The summed E-state index contributed by atoms with van der Waals surface area (Å²) in [5.41, 5.74) is 7.69. The average molecular weight is 569 g/mol. The Morgan fingerprint density at radius 1 is 1.15 bits per heavy atom. The second kappa shape index (κ2) is 10.8. The largest absolute Gasteiger partial charge is 0.322 e. The quantitative estimate of drug-likeness (QED) is 0.244. The molecule has 1 amide bonds. The van der Waals surface area contributed by atoms with Crippen LogP contribution in [0.3, 0.4) is 0 Å². The molecule has 0 aliphatic heterocycles. The van der Waals surface area contributed by atoms with Gasteiger partial charge in [-0.15, -0.1) is 22.7 Å². The zero-order chi connectivity index (χ0) is 28.8. The Bertz CT molecular complexity index is 1650. The average Bonchev–Trinajstić information content (AvgIpc) is 3.51. The minimum Gasteiger partial charge on any atom is -0.322 e. The summed E-state index contributed by atoms with van der Waals surface area (Å²) in [4.78, 5) is 21.1. The molecule has 5 rings (SSSR count). The molecule has 1 aliphatic carbocycles. The molecule has 0 spiro atoms. The van der Waals surface area contributed by atoms with E-state index in [4.69, 9.17) is 4.99 Å². The first-order chi connectivity index (χ1) is 19.0. The summed E-state index contributed by atoms with van der Waals surface area (Å²) in [7, 11) is 0. The van der Waals surface area contributed by atoms with E-state index in [0.717, 1.165) is 73.5 Å². The summed E-state index contributed by atoms with van der Waals surface area (Å²) >= 11 is 3.31. The molecule has 3 aromatic heterocycles. The summed E-state index contributed by atoms with van der Waals surface area (Å²) in [6.45, 7) is 15.1. The Morgan fingerprint density at radius 3 is 2.55 bits per heavy atom. The number of nitriles is 1.